The highest BCUT2D eigenvalue weighted by Gasteiger charge is 2.52. The monoisotopic (exact) mass is 571 g/mol. The number of fused-ring (bicyclic) bond motifs is 1. The van der Waals surface area contributed by atoms with E-state index >= 15 is 0 Å². The van der Waals surface area contributed by atoms with Gasteiger partial charge in [0.05, 0.1) is 12.7 Å². The standard InChI is InChI=1S/C31H36F3N3O4/c1-41-29(39)23-9-10-24-19-36(20-25(24)16-23)28(38)8-5-13-35-14-11-21(12-15-35)18-37(30(40)31(32,33)34)27-17-26(27)22-6-3-2-4-7-22/h2-4,6-7,9-10,16,21,26-27H,5,8,11-15,17-20H2,1H3. The number of methoxy groups -OCH3 is 1. The minimum Gasteiger partial charge on any atom is -0.465 e. The van der Waals surface area contributed by atoms with Crippen LogP contribution in [0.1, 0.15) is 65.1 Å². The van der Waals surface area contributed by atoms with Gasteiger partial charge < -0.3 is 19.4 Å². The van der Waals surface area contributed by atoms with Crippen molar-refractivity contribution in [2.45, 2.75) is 63.3 Å². The van der Waals surface area contributed by atoms with E-state index in [2.05, 4.69) is 4.90 Å². The molecule has 41 heavy (non-hydrogen) atoms. The van der Waals surface area contributed by atoms with E-state index in [1.165, 1.54) is 7.11 Å². The van der Waals surface area contributed by atoms with Gasteiger partial charge in [0.25, 0.3) is 0 Å². The molecular formula is C31H36F3N3O4. The van der Waals surface area contributed by atoms with Crippen LogP contribution >= 0.6 is 0 Å². The molecule has 2 aromatic rings. The summed E-state index contributed by atoms with van der Waals surface area (Å²) < 4.78 is 45.1. The topological polar surface area (TPSA) is 70.2 Å². The molecule has 0 aromatic heterocycles. The second-order valence-electron chi connectivity index (χ2n) is 11.4. The van der Waals surface area contributed by atoms with Gasteiger partial charge in [0, 0.05) is 38.0 Å². The highest BCUT2D eigenvalue weighted by molar-refractivity contribution is 5.89. The second-order valence-corrected chi connectivity index (χ2v) is 11.4. The van der Waals surface area contributed by atoms with E-state index in [9.17, 15) is 27.6 Å². The molecule has 2 aliphatic heterocycles. The van der Waals surface area contributed by atoms with Crippen LogP contribution in [-0.2, 0) is 27.4 Å². The fraction of sp³-hybridized carbons (Fsp3) is 0.516. The van der Waals surface area contributed by atoms with E-state index in [0.29, 0.717) is 37.9 Å². The maximum absolute atomic E-state index is 13.4. The molecule has 2 aromatic carbocycles. The number of halogens is 3. The third-order valence-electron chi connectivity index (χ3n) is 8.62. The number of carbonyl (C=O) groups is 3. The summed E-state index contributed by atoms with van der Waals surface area (Å²) in [4.78, 5) is 42.1. The van der Waals surface area contributed by atoms with E-state index in [1.54, 1.807) is 17.0 Å². The minimum atomic E-state index is -4.88. The molecule has 0 bridgehead atoms. The molecule has 5 rings (SSSR count). The number of nitrogens with zero attached hydrogens (tertiary/aromatic N) is 3. The smallest absolute Gasteiger partial charge is 0.465 e. The number of alkyl halides is 3. The van der Waals surface area contributed by atoms with E-state index in [0.717, 1.165) is 54.1 Å². The van der Waals surface area contributed by atoms with Crippen LogP contribution in [0.5, 0.6) is 0 Å². The molecule has 1 saturated carbocycles. The Kier molecular flexibility index (Phi) is 8.68. The molecule has 220 valence electrons. The van der Waals surface area contributed by atoms with Gasteiger partial charge in [-0.25, -0.2) is 4.79 Å². The molecule has 2 atom stereocenters. The van der Waals surface area contributed by atoms with E-state index in [4.69, 9.17) is 4.74 Å². The summed E-state index contributed by atoms with van der Waals surface area (Å²) in [6.45, 7) is 3.36. The zero-order valence-corrected chi connectivity index (χ0v) is 23.2. The van der Waals surface area contributed by atoms with Crippen LogP contribution in [0.2, 0.25) is 0 Å². The molecule has 2 unspecified atom stereocenters. The fourth-order valence-electron chi connectivity index (χ4n) is 6.21. The van der Waals surface area contributed by atoms with E-state index in [1.807, 2.05) is 36.4 Å². The molecule has 0 radical (unpaired) electrons. The molecule has 0 spiro atoms. The molecule has 2 amide bonds. The van der Waals surface area contributed by atoms with Gasteiger partial charge in [-0.15, -0.1) is 0 Å². The van der Waals surface area contributed by atoms with Crippen LogP contribution in [0.3, 0.4) is 0 Å². The van der Waals surface area contributed by atoms with Crippen LogP contribution in [0.15, 0.2) is 48.5 Å². The molecule has 2 heterocycles. The highest BCUT2D eigenvalue weighted by Crippen LogP contribution is 2.46. The quantitative estimate of drug-likeness (QED) is 0.407. The van der Waals surface area contributed by atoms with Gasteiger partial charge in [-0.2, -0.15) is 13.2 Å². The summed E-state index contributed by atoms with van der Waals surface area (Å²) in [5, 5.41) is 0. The number of ether oxygens (including phenoxy) is 1. The number of carbonyl (C=O) groups excluding carboxylic acids is 3. The predicted molar refractivity (Wildman–Crippen MR) is 146 cm³/mol. The summed E-state index contributed by atoms with van der Waals surface area (Å²) in [5.74, 6) is -2.08. The third kappa shape index (κ3) is 6.92. The number of piperidine rings is 1. The first-order chi connectivity index (χ1) is 19.6. The Balaban J connectivity index is 1.06. The van der Waals surface area contributed by atoms with Gasteiger partial charge in [0.2, 0.25) is 5.91 Å². The summed E-state index contributed by atoms with van der Waals surface area (Å²) >= 11 is 0. The first-order valence-electron chi connectivity index (χ1n) is 14.3. The van der Waals surface area contributed by atoms with Gasteiger partial charge in [0.1, 0.15) is 0 Å². The van der Waals surface area contributed by atoms with Gasteiger partial charge in [-0.3, -0.25) is 9.59 Å². The van der Waals surface area contributed by atoms with Gasteiger partial charge in [-0.1, -0.05) is 36.4 Å². The van der Waals surface area contributed by atoms with E-state index in [-0.39, 0.29) is 24.3 Å². The Morgan fingerprint density at radius 3 is 2.39 bits per heavy atom. The molecule has 10 heteroatoms. The third-order valence-corrected chi connectivity index (χ3v) is 8.62. The van der Waals surface area contributed by atoms with Crippen LogP contribution in [0.4, 0.5) is 13.2 Å². The number of esters is 1. The van der Waals surface area contributed by atoms with Crippen molar-refractivity contribution in [2.24, 2.45) is 5.92 Å². The van der Waals surface area contributed by atoms with Gasteiger partial charge >= 0.3 is 18.1 Å². The summed E-state index contributed by atoms with van der Waals surface area (Å²) in [6.07, 6.45) is -1.76. The van der Waals surface area contributed by atoms with Crippen molar-refractivity contribution in [3.8, 4) is 0 Å². The van der Waals surface area contributed by atoms with Gasteiger partial charge in [0.15, 0.2) is 0 Å². The lowest BCUT2D eigenvalue weighted by atomic mass is 9.95. The number of hydrogen-bond acceptors (Lipinski definition) is 5. The van der Waals surface area contributed by atoms with Crippen LogP contribution in [0, 0.1) is 5.92 Å². The van der Waals surface area contributed by atoms with Crippen molar-refractivity contribution in [3.05, 3.63) is 70.8 Å². The number of amides is 2. The Hall–Kier alpha value is -3.40. The first kappa shape index (κ1) is 29.1. The van der Waals surface area contributed by atoms with Crippen molar-refractivity contribution in [3.63, 3.8) is 0 Å². The van der Waals surface area contributed by atoms with Crippen LogP contribution < -0.4 is 0 Å². The maximum Gasteiger partial charge on any atom is 0.471 e. The molecule has 0 N–H and O–H groups in total. The summed E-state index contributed by atoms with van der Waals surface area (Å²) in [5.41, 5.74) is 3.45. The Bertz CT molecular complexity index is 1260. The first-order valence-corrected chi connectivity index (χ1v) is 14.3. The average molecular weight is 572 g/mol. The number of hydrogen-bond donors (Lipinski definition) is 0. The largest absolute Gasteiger partial charge is 0.471 e. The van der Waals surface area contributed by atoms with Crippen LogP contribution in [0.25, 0.3) is 0 Å². The lowest BCUT2D eigenvalue weighted by Gasteiger charge is -2.35. The van der Waals surface area contributed by atoms with Crippen molar-refractivity contribution < 1.29 is 32.3 Å². The van der Waals surface area contributed by atoms with Crippen molar-refractivity contribution >= 4 is 17.8 Å². The van der Waals surface area contributed by atoms with Crippen molar-refractivity contribution in [1.29, 1.82) is 0 Å². The zero-order chi connectivity index (χ0) is 29.1. The highest BCUT2D eigenvalue weighted by atomic mass is 19.4. The SMILES string of the molecule is COC(=O)c1ccc2c(c1)CN(C(=O)CCCN1CCC(CN(C(=O)C(F)(F)F)C3CC3c3ccccc3)CC1)C2. The second kappa shape index (κ2) is 12.2. The number of rotatable bonds is 9. The Morgan fingerprint density at radius 2 is 1.71 bits per heavy atom. The lowest BCUT2D eigenvalue weighted by Crippen LogP contribution is -2.47. The molecular weight excluding hydrogens is 535 g/mol. The molecule has 7 nitrogen and oxygen atoms in total. The van der Waals surface area contributed by atoms with Gasteiger partial charge in [-0.05, 0) is 80.1 Å². The van der Waals surface area contributed by atoms with Crippen molar-refractivity contribution in [1.82, 2.24) is 14.7 Å². The average Bonchev–Trinajstić information content (AvgIpc) is 3.65. The molecule has 3 aliphatic rings. The Morgan fingerprint density at radius 1 is 1.00 bits per heavy atom. The fourth-order valence-corrected chi connectivity index (χ4v) is 6.21. The maximum atomic E-state index is 13.4. The Labute approximate surface area is 238 Å². The zero-order valence-electron chi connectivity index (χ0n) is 23.2. The summed E-state index contributed by atoms with van der Waals surface area (Å²) in [6, 6.07) is 14.4. The predicted octanol–water partition coefficient (Wildman–Crippen LogP) is 4.75. The van der Waals surface area contributed by atoms with E-state index < -0.39 is 24.1 Å². The molecule has 2 fully saturated rings. The number of benzene rings is 2. The normalized spacial score (nSPS) is 20.9. The summed E-state index contributed by atoms with van der Waals surface area (Å²) in [7, 11) is 1.34. The lowest BCUT2D eigenvalue weighted by molar-refractivity contribution is -0.187. The number of likely N-dealkylation sites (tertiary alicyclic amines) is 1. The minimum absolute atomic E-state index is 0.0224. The molecule has 1 saturated heterocycles. The van der Waals surface area contributed by atoms with Crippen molar-refractivity contribution in [2.75, 3.05) is 33.3 Å². The van der Waals surface area contributed by atoms with Crippen LogP contribution in [-0.4, -0.2) is 78.0 Å². The molecule has 1 aliphatic carbocycles.